The standard InChI is InChI=1S/C15H19FN2O3/c1-11-4-2-3-5-12(11)15(16)7-9-18(10-15)14(21)17-8-6-13(19)20/h2-5H,6-10H2,1H3,(H,17,21)(H,19,20). The number of halogens is 1. The monoisotopic (exact) mass is 294 g/mol. The van der Waals surface area contributed by atoms with Gasteiger partial charge in [-0.25, -0.2) is 9.18 Å². The molecule has 1 fully saturated rings. The number of likely N-dealkylation sites (tertiary alicyclic amines) is 1. The second kappa shape index (κ2) is 6.11. The van der Waals surface area contributed by atoms with Crippen molar-refractivity contribution in [2.24, 2.45) is 0 Å². The lowest BCUT2D eigenvalue weighted by molar-refractivity contribution is -0.136. The van der Waals surface area contributed by atoms with Crippen molar-refractivity contribution in [2.45, 2.75) is 25.4 Å². The number of hydrogen-bond donors (Lipinski definition) is 2. The first-order chi connectivity index (χ1) is 9.92. The van der Waals surface area contributed by atoms with Gasteiger partial charge in [0.25, 0.3) is 0 Å². The number of carbonyl (C=O) groups is 2. The number of alkyl halides is 1. The molecule has 1 aromatic rings. The van der Waals surface area contributed by atoms with Gasteiger partial charge in [0.15, 0.2) is 5.67 Å². The van der Waals surface area contributed by atoms with Crippen LogP contribution in [-0.2, 0) is 10.5 Å². The molecule has 5 nitrogen and oxygen atoms in total. The molecule has 0 aromatic heterocycles. The van der Waals surface area contributed by atoms with E-state index in [1.54, 1.807) is 12.1 Å². The number of carbonyl (C=O) groups excluding carboxylic acids is 1. The van der Waals surface area contributed by atoms with E-state index in [2.05, 4.69) is 5.32 Å². The van der Waals surface area contributed by atoms with Crippen molar-refractivity contribution in [3.63, 3.8) is 0 Å². The second-order valence-electron chi connectivity index (χ2n) is 5.33. The quantitative estimate of drug-likeness (QED) is 0.893. The van der Waals surface area contributed by atoms with Crippen LogP contribution in [0.5, 0.6) is 0 Å². The molecule has 1 aliphatic rings. The summed E-state index contributed by atoms with van der Waals surface area (Å²) in [4.78, 5) is 23.7. The summed E-state index contributed by atoms with van der Waals surface area (Å²) < 4.78 is 15.1. The van der Waals surface area contributed by atoms with Crippen molar-refractivity contribution < 1.29 is 19.1 Å². The van der Waals surface area contributed by atoms with Gasteiger partial charge >= 0.3 is 12.0 Å². The molecule has 1 saturated heterocycles. The summed E-state index contributed by atoms with van der Waals surface area (Å²) >= 11 is 0. The first-order valence-electron chi connectivity index (χ1n) is 6.92. The summed E-state index contributed by atoms with van der Waals surface area (Å²) in [5.41, 5.74) is -0.0471. The van der Waals surface area contributed by atoms with Crippen LogP contribution in [0, 0.1) is 6.92 Å². The van der Waals surface area contributed by atoms with Crippen LogP contribution in [0.25, 0.3) is 0 Å². The minimum absolute atomic E-state index is 0.00322. The summed E-state index contributed by atoms with van der Waals surface area (Å²) in [6.45, 7) is 2.22. The Balaban J connectivity index is 1.98. The molecule has 1 aliphatic heterocycles. The fraction of sp³-hybridized carbons (Fsp3) is 0.467. The SMILES string of the molecule is Cc1ccccc1C1(F)CCN(C(=O)NCCC(=O)O)C1. The fourth-order valence-corrected chi connectivity index (χ4v) is 2.63. The highest BCUT2D eigenvalue weighted by atomic mass is 19.1. The number of hydrogen-bond acceptors (Lipinski definition) is 2. The Bertz CT molecular complexity index is 549. The fourth-order valence-electron chi connectivity index (χ4n) is 2.63. The number of nitrogens with zero attached hydrogens (tertiary/aromatic N) is 1. The summed E-state index contributed by atoms with van der Waals surface area (Å²) in [6.07, 6.45) is 0.113. The molecular weight excluding hydrogens is 275 g/mol. The highest BCUT2D eigenvalue weighted by Crippen LogP contribution is 2.37. The average Bonchev–Trinajstić information content (AvgIpc) is 2.82. The zero-order valence-electron chi connectivity index (χ0n) is 11.9. The number of aryl methyl sites for hydroxylation is 1. The second-order valence-corrected chi connectivity index (χ2v) is 5.33. The van der Waals surface area contributed by atoms with Gasteiger partial charge < -0.3 is 15.3 Å². The van der Waals surface area contributed by atoms with E-state index < -0.39 is 17.7 Å². The average molecular weight is 294 g/mol. The van der Waals surface area contributed by atoms with E-state index in [1.807, 2.05) is 19.1 Å². The number of benzene rings is 1. The number of nitrogens with one attached hydrogen (secondary N) is 1. The molecule has 6 heteroatoms. The molecule has 0 radical (unpaired) electrons. The predicted octanol–water partition coefficient (Wildman–Crippen LogP) is 2.05. The maximum atomic E-state index is 15.1. The molecule has 2 amide bonds. The number of carboxylic acid groups (broad SMARTS) is 1. The van der Waals surface area contributed by atoms with Crippen LogP contribution in [0.15, 0.2) is 24.3 Å². The lowest BCUT2D eigenvalue weighted by atomic mass is 9.91. The van der Waals surface area contributed by atoms with Crippen molar-refractivity contribution >= 4 is 12.0 Å². The number of rotatable bonds is 4. The number of urea groups is 1. The number of carboxylic acids is 1. The predicted molar refractivity (Wildman–Crippen MR) is 75.8 cm³/mol. The highest BCUT2D eigenvalue weighted by molar-refractivity contribution is 5.75. The van der Waals surface area contributed by atoms with Crippen LogP contribution in [-0.4, -0.2) is 41.6 Å². The lowest BCUT2D eigenvalue weighted by Crippen LogP contribution is -2.40. The third kappa shape index (κ3) is 3.51. The molecule has 2 N–H and O–H groups in total. The molecule has 0 aliphatic carbocycles. The van der Waals surface area contributed by atoms with Gasteiger partial charge in [-0.15, -0.1) is 0 Å². The van der Waals surface area contributed by atoms with Gasteiger partial charge in [0.05, 0.1) is 13.0 Å². The maximum Gasteiger partial charge on any atom is 0.317 e. The smallest absolute Gasteiger partial charge is 0.317 e. The van der Waals surface area contributed by atoms with E-state index in [9.17, 15) is 9.59 Å². The molecule has 1 unspecified atom stereocenters. The van der Waals surface area contributed by atoms with E-state index in [4.69, 9.17) is 5.11 Å². The van der Waals surface area contributed by atoms with Gasteiger partial charge in [-0.2, -0.15) is 0 Å². The molecule has 0 bridgehead atoms. The summed E-state index contributed by atoms with van der Waals surface area (Å²) in [5, 5.41) is 11.0. The van der Waals surface area contributed by atoms with E-state index in [1.165, 1.54) is 4.90 Å². The van der Waals surface area contributed by atoms with Gasteiger partial charge in [-0.3, -0.25) is 4.79 Å². The van der Waals surface area contributed by atoms with Crippen molar-refractivity contribution in [3.05, 3.63) is 35.4 Å². The zero-order chi connectivity index (χ0) is 15.5. The first kappa shape index (κ1) is 15.3. The molecule has 1 aromatic carbocycles. The summed E-state index contributed by atoms with van der Waals surface area (Å²) in [7, 11) is 0. The van der Waals surface area contributed by atoms with Crippen LogP contribution in [0.2, 0.25) is 0 Å². The molecule has 0 saturated carbocycles. The Labute approximate surface area is 122 Å². The van der Waals surface area contributed by atoms with E-state index in [0.717, 1.165) is 5.56 Å². The number of aliphatic carboxylic acids is 1. The minimum Gasteiger partial charge on any atom is -0.481 e. The number of amides is 2. The van der Waals surface area contributed by atoms with E-state index in [0.29, 0.717) is 12.1 Å². The summed E-state index contributed by atoms with van der Waals surface area (Å²) in [5.74, 6) is -0.975. The Morgan fingerprint density at radius 3 is 2.81 bits per heavy atom. The van der Waals surface area contributed by atoms with Crippen molar-refractivity contribution in [1.82, 2.24) is 10.2 Å². The largest absolute Gasteiger partial charge is 0.481 e. The Morgan fingerprint density at radius 1 is 1.43 bits per heavy atom. The molecule has 114 valence electrons. The van der Waals surface area contributed by atoms with Crippen LogP contribution >= 0.6 is 0 Å². The van der Waals surface area contributed by atoms with Gasteiger partial charge in [0.2, 0.25) is 0 Å². The van der Waals surface area contributed by atoms with Gasteiger partial charge in [0, 0.05) is 19.5 Å². The van der Waals surface area contributed by atoms with Crippen LogP contribution in [0.3, 0.4) is 0 Å². The van der Waals surface area contributed by atoms with Gasteiger partial charge in [-0.1, -0.05) is 24.3 Å². The molecule has 21 heavy (non-hydrogen) atoms. The van der Waals surface area contributed by atoms with Crippen molar-refractivity contribution in [3.8, 4) is 0 Å². The Morgan fingerprint density at radius 2 is 2.14 bits per heavy atom. The molecule has 2 rings (SSSR count). The zero-order valence-corrected chi connectivity index (χ0v) is 11.9. The molecular formula is C15H19FN2O3. The van der Waals surface area contributed by atoms with E-state index >= 15 is 4.39 Å². The molecule has 1 heterocycles. The first-order valence-corrected chi connectivity index (χ1v) is 6.92. The summed E-state index contributed by atoms with van der Waals surface area (Å²) in [6, 6.07) is 6.84. The molecule has 0 spiro atoms. The van der Waals surface area contributed by atoms with Crippen LogP contribution in [0.1, 0.15) is 24.0 Å². The Hall–Kier alpha value is -2.11. The maximum absolute atomic E-state index is 15.1. The normalized spacial score (nSPS) is 21.3. The van der Waals surface area contributed by atoms with Gasteiger partial charge in [-0.05, 0) is 18.1 Å². The minimum atomic E-state index is -1.53. The lowest BCUT2D eigenvalue weighted by Gasteiger charge is -2.23. The molecule has 1 atom stereocenters. The highest BCUT2D eigenvalue weighted by Gasteiger charge is 2.42. The van der Waals surface area contributed by atoms with Crippen molar-refractivity contribution in [2.75, 3.05) is 19.6 Å². The van der Waals surface area contributed by atoms with Gasteiger partial charge in [0.1, 0.15) is 0 Å². The third-order valence-corrected chi connectivity index (χ3v) is 3.75. The Kier molecular flexibility index (Phi) is 4.45. The van der Waals surface area contributed by atoms with Crippen LogP contribution < -0.4 is 5.32 Å². The topological polar surface area (TPSA) is 69.6 Å². The third-order valence-electron chi connectivity index (χ3n) is 3.75. The van der Waals surface area contributed by atoms with Crippen LogP contribution in [0.4, 0.5) is 9.18 Å². The van der Waals surface area contributed by atoms with Crippen molar-refractivity contribution in [1.29, 1.82) is 0 Å². The van der Waals surface area contributed by atoms with E-state index in [-0.39, 0.29) is 25.9 Å².